The summed E-state index contributed by atoms with van der Waals surface area (Å²) in [4.78, 5) is 4.47. The third-order valence-electron chi connectivity index (χ3n) is 4.87. The number of rotatable bonds is 2. The molecule has 5 rings (SSSR count). The monoisotopic (exact) mass is 353 g/mol. The zero-order valence-electron chi connectivity index (χ0n) is 14.7. The molecule has 0 aliphatic carbocycles. The lowest BCUT2D eigenvalue weighted by molar-refractivity contribution is 0.631. The van der Waals surface area contributed by atoms with Crippen molar-refractivity contribution in [2.45, 2.75) is 6.92 Å². The lowest BCUT2D eigenvalue weighted by Crippen LogP contribution is -1.84. The van der Waals surface area contributed by atoms with Crippen LogP contribution in [0.4, 0.5) is 4.39 Å². The van der Waals surface area contributed by atoms with Gasteiger partial charge in [0.2, 0.25) is 0 Å². The molecule has 0 saturated heterocycles. The van der Waals surface area contributed by atoms with Crippen LogP contribution in [0.1, 0.15) is 5.56 Å². The molecule has 0 amide bonds. The van der Waals surface area contributed by atoms with E-state index in [9.17, 15) is 4.39 Å². The number of hydrogen-bond acceptors (Lipinski definition) is 2. The fourth-order valence-corrected chi connectivity index (χ4v) is 3.49. The van der Waals surface area contributed by atoms with Gasteiger partial charge in [-0.3, -0.25) is 4.98 Å². The van der Waals surface area contributed by atoms with Crippen LogP contribution < -0.4 is 0 Å². The van der Waals surface area contributed by atoms with Gasteiger partial charge in [-0.05, 0) is 66.6 Å². The molecule has 0 radical (unpaired) electrons. The topological polar surface area (TPSA) is 26.0 Å². The van der Waals surface area contributed by atoms with Gasteiger partial charge in [0.15, 0.2) is 0 Å². The third-order valence-corrected chi connectivity index (χ3v) is 4.87. The molecule has 0 aliphatic rings. The molecule has 0 saturated carbocycles. The molecule has 0 bridgehead atoms. The molecule has 3 aromatic carbocycles. The lowest BCUT2D eigenvalue weighted by atomic mass is 10.0. The molecule has 27 heavy (non-hydrogen) atoms. The first-order valence-corrected chi connectivity index (χ1v) is 8.83. The quantitative estimate of drug-likeness (QED) is 0.350. The van der Waals surface area contributed by atoms with Gasteiger partial charge >= 0.3 is 0 Å². The van der Waals surface area contributed by atoms with Gasteiger partial charge in [0, 0.05) is 28.1 Å². The first-order chi connectivity index (χ1) is 13.2. The van der Waals surface area contributed by atoms with E-state index in [-0.39, 0.29) is 5.82 Å². The van der Waals surface area contributed by atoms with Gasteiger partial charge < -0.3 is 4.42 Å². The summed E-state index contributed by atoms with van der Waals surface area (Å²) in [6, 6.07) is 22.8. The van der Waals surface area contributed by atoms with Crippen molar-refractivity contribution >= 4 is 21.9 Å². The molecule has 2 heterocycles. The number of benzene rings is 3. The maximum absolute atomic E-state index is 14.1. The van der Waals surface area contributed by atoms with E-state index in [1.165, 1.54) is 11.6 Å². The van der Waals surface area contributed by atoms with Crippen molar-refractivity contribution in [3.63, 3.8) is 0 Å². The van der Waals surface area contributed by atoms with Crippen LogP contribution in [-0.4, -0.2) is 4.98 Å². The minimum Gasteiger partial charge on any atom is -0.456 e. The molecule has 3 heteroatoms. The van der Waals surface area contributed by atoms with Gasteiger partial charge in [-0.25, -0.2) is 4.39 Å². The summed E-state index contributed by atoms with van der Waals surface area (Å²) < 4.78 is 20.1. The van der Waals surface area contributed by atoms with E-state index in [2.05, 4.69) is 24.0 Å². The number of aryl methyl sites for hydroxylation is 1. The first-order valence-electron chi connectivity index (χ1n) is 8.83. The molecule has 0 unspecified atom stereocenters. The Labute approximate surface area is 155 Å². The third kappa shape index (κ3) is 2.68. The predicted molar refractivity (Wildman–Crippen MR) is 107 cm³/mol. The van der Waals surface area contributed by atoms with Gasteiger partial charge in [0.25, 0.3) is 0 Å². The lowest BCUT2D eigenvalue weighted by Gasteiger charge is -2.03. The zero-order chi connectivity index (χ0) is 18.4. The molecule has 2 aromatic heterocycles. The molecule has 0 atom stereocenters. The van der Waals surface area contributed by atoms with Crippen molar-refractivity contribution < 1.29 is 8.81 Å². The number of fused-ring (bicyclic) bond motifs is 3. The fourth-order valence-electron chi connectivity index (χ4n) is 3.49. The summed E-state index contributed by atoms with van der Waals surface area (Å²) >= 11 is 0. The summed E-state index contributed by atoms with van der Waals surface area (Å²) in [7, 11) is 0. The van der Waals surface area contributed by atoms with E-state index in [1.54, 1.807) is 12.1 Å². The Balaban J connectivity index is 1.68. The average Bonchev–Trinajstić information content (AvgIpc) is 3.05. The van der Waals surface area contributed by atoms with Crippen molar-refractivity contribution in [1.82, 2.24) is 4.98 Å². The van der Waals surface area contributed by atoms with E-state index in [1.807, 2.05) is 48.7 Å². The van der Waals surface area contributed by atoms with Gasteiger partial charge in [0.05, 0.1) is 5.69 Å². The minimum absolute atomic E-state index is 0.235. The summed E-state index contributed by atoms with van der Waals surface area (Å²) in [6.45, 7) is 2.06. The second kappa shape index (κ2) is 6.06. The van der Waals surface area contributed by atoms with Gasteiger partial charge in [0.1, 0.15) is 17.0 Å². The van der Waals surface area contributed by atoms with Crippen LogP contribution in [0.2, 0.25) is 0 Å². The van der Waals surface area contributed by atoms with E-state index in [4.69, 9.17) is 4.42 Å². The molecule has 130 valence electrons. The smallest absolute Gasteiger partial charge is 0.136 e. The molecule has 0 fully saturated rings. The number of aromatic nitrogens is 1. The average molecular weight is 353 g/mol. The molecular weight excluding hydrogens is 337 g/mol. The summed E-state index contributed by atoms with van der Waals surface area (Å²) in [5, 5.41) is 2.05. The predicted octanol–water partition coefficient (Wildman–Crippen LogP) is 6.76. The number of nitrogens with zero attached hydrogens (tertiary/aromatic N) is 1. The van der Waals surface area contributed by atoms with Gasteiger partial charge in [-0.2, -0.15) is 0 Å². The molecule has 2 nitrogen and oxygen atoms in total. The number of hydrogen-bond donors (Lipinski definition) is 0. The van der Waals surface area contributed by atoms with Gasteiger partial charge in [-0.1, -0.05) is 24.3 Å². The number of furan rings is 1. The standard InChI is InChI=1S/C24H16FNO/c1-15-10-11-26-22(12-15)17-7-9-23-20(13-17)19-8-6-16(14-24(19)27-23)18-4-2-3-5-21(18)25/h2-14H,1H3. The van der Waals surface area contributed by atoms with Crippen LogP contribution in [0, 0.1) is 12.7 Å². The molecule has 0 N–H and O–H groups in total. The second-order valence-electron chi connectivity index (χ2n) is 6.72. The van der Waals surface area contributed by atoms with Crippen LogP contribution >= 0.6 is 0 Å². The zero-order valence-corrected chi connectivity index (χ0v) is 14.7. The maximum atomic E-state index is 14.1. The van der Waals surface area contributed by atoms with E-state index in [0.29, 0.717) is 5.56 Å². The van der Waals surface area contributed by atoms with Crippen molar-refractivity contribution in [2.24, 2.45) is 0 Å². The Morgan fingerprint density at radius 2 is 1.63 bits per heavy atom. The van der Waals surface area contributed by atoms with Crippen LogP contribution in [-0.2, 0) is 0 Å². The molecular formula is C24H16FNO. The first kappa shape index (κ1) is 15.8. The van der Waals surface area contributed by atoms with E-state index >= 15 is 0 Å². The molecule has 0 aliphatic heterocycles. The highest BCUT2D eigenvalue weighted by molar-refractivity contribution is 6.07. The Bertz CT molecular complexity index is 1300. The summed E-state index contributed by atoms with van der Waals surface area (Å²) in [5.74, 6) is -0.235. The maximum Gasteiger partial charge on any atom is 0.136 e. The summed E-state index contributed by atoms with van der Waals surface area (Å²) in [6.07, 6.45) is 1.82. The highest BCUT2D eigenvalue weighted by Gasteiger charge is 2.12. The Morgan fingerprint density at radius 1 is 0.778 bits per heavy atom. The Hall–Kier alpha value is -3.46. The normalized spacial score (nSPS) is 11.3. The van der Waals surface area contributed by atoms with Gasteiger partial charge in [-0.15, -0.1) is 0 Å². The second-order valence-corrected chi connectivity index (χ2v) is 6.72. The number of halogens is 1. The Kier molecular flexibility index (Phi) is 3.54. The van der Waals surface area contributed by atoms with Crippen LogP contribution in [0.15, 0.2) is 83.4 Å². The summed E-state index contributed by atoms with van der Waals surface area (Å²) in [5.41, 5.74) is 6.10. The van der Waals surface area contributed by atoms with Crippen LogP contribution in [0.25, 0.3) is 44.3 Å². The van der Waals surface area contributed by atoms with Crippen LogP contribution in [0.5, 0.6) is 0 Å². The van der Waals surface area contributed by atoms with Crippen molar-refractivity contribution in [1.29, 1.82) is 0 Å². The minimum atomic E-state index is -0.235. The van der Waals surface area contributed by atoms with E-state index < -0.39 is 0 Å². The van der Waals surface area contributed by atoms with Crippen molar-refractivity contribution in [2.75, 3.05) is 0 Å². The molecule has 0 spiro atoms. The SMILES string of the molecule is Cc1ccnc(-c2ccc3oc4cc(-c5ccccc5F)ccc4c3c2)c1. The largest absolute Gasteiger partial charge is 0.456 e. The number of pyridine rings is 1. The van der Waals surface area contributed by atoms with Crippen LogP contribution in [0.3, 0.4) is 0 Å². The van der Waals surface area contributed by atoms with E-state index in [0.717, 1.165) is 38.8 Å². The van der Waals surface area contributed by atoms with Crippen molar-refractivity contribution in [3.05, 3.63) is 90.4 Å². The fraction of sp³-hybridized carbons (Fsp3) is 0.0417. The highest BCUT2D eigenvalue weighted by Crippen LogP contribution is 2.35. The molecule has 5 aromatic rings. The Morgan fingerprint density at radius 3 is 2.48 bits per heavy atom. The van der Waals surface area contributed by atoms with Crippen molar-refractivity contribution in [3.8, 4) is 22.4 Å². The highest BCUT2D eigenvalue weighted by atomic mass is 19.1.